The van der Waals surface area contributed by atoms with Gasteiger partial charge < -0.3 is 15.5 Å². The smallest absolute Gasteiger partial charge is 0.313 e. The minimum absolute atomic E-state index is 0.0176. The van der Waals surface area contributed by atoms with E-state index in [-0.39, 0.29) is 6.04 Å². The molecular formula is C23H29ClN4O2. The average Bonchev–Trinajstić information content (AvgIpc) is 2.73. The maximum absolute atomic E-state index is 12.5. The normalized spacial score (nSPS) is 16.1. The Kier molecular flexibility index (Phi) is 7.48. The van der Waals surface area contributed by atoms with Crippen LogP contribution in [0.15, 0.2) is 42.5 Å². The van der Waals surface area contributed by atoms with Crippen LogP contribution >= 0.6 is 11.6 Å². The van der Waals surface area contributed by atoms with Gasteiger partial charge in [-0.3, -0.25) is 14.5 Å². The van der Waals surface area contributed by atoms with Crippen LogP contribution in [0.5, 0.6) is 0 Å². The van der Waals surface area contributed by atoms with Crippen molar-refractivity contribution in [2.45, 2.75) is 19.9 Å². The van der Waals surface area contributed by atoms with E-state index >= 15 is 0 Å². The van der Waals surface area contributed by atoms with Crippen LogP contribution in [0.2, 0.25) is 5.02 Å². The lowest BCUT2D eigenvalue weighted by molar-refractivity contribution is -0.136. The van der Waals surface area contributed by atoms with Crippen molar-refractivity contribution in [1.29, 1.82) is 0 Å². The number of carbonyl (C=O) groups excluding carboxylic acids is 2. The molecule has 0 spiro atoms. The number of benzene rings is 2. The highest BCUT2D eigenvalue weighted by Crippen LogP contribution is 2.24. The molecule has 0 unspecified atom stereocenters. The van der Waals surface area contributed by atoms with E-state index in [0.29, 0.717) is 17.3 Å². The molecule has 30 heavy (non-hydrogen) atoms. The number of likely N-dealkylation sites (N-methyl/N-ethyl adjacent to an activating group) is 1. The van der Waals surface area contributed by atoms with Gasteiger partial charge in [0.25, 0.3) is 0 Å². The monoisotopic (exact) mass is 428 g/mol. The summed E-state index contributed by atoms with van der Waals surface area (Å²) in [5.41, 5.74) is 3.60. The molecule has 0 saturated carbocycles. The van der Waals surface area contributed by atoms with Crippen molar-refractivity contribution in [1.82, 2.24) is 15.1 Å². The zero-order valence-electron chi connectivity index (χ0n) is 17.7. The molecule has 2 aromatic carbocycles. The molecule has 0 aliphatic carbocycles. The van der Waals surface area contributed by atoms with E-state index in [1.54, 1.807) is 25.1 Å². The number of rotatable bonds is 5. The summed E-state index contributed by atoms with van der Waals surface area (Å²) in [4.78, 5) is 29.5. The minimum Gasteiger partial charge on any atom is -0.346 e. The third kappa shape index (κ3) is 5.59. The highest BCUT2D eigenvalue weighted by molar-refractivity contribution is 6.40. The van der Waals surface area contributed by atoms with Gasteiger partial charge in [-0.05, 0) is 44.2 Å². The highest BCUT2D eigenvalue weighted by atomic mass is 35.5. The van der Waals surface area contributed by atoms with Crippen LogP contribution in [0.3, 0.4) is 0 Å². The van der Waals surface area contributed by atoms with Gasteiger partial charge in [0, 0.05) is 43.4 Å². The Hall–Kier alpha value is -2.41. The number of halogens is 1. The van der Waals surface area contributed by atoms with Gasteiger partial charge in [-0.15, -0.1) is 0 Å². The molecule has 6 nitrogen and oxygen atoms in total. The Balaban J connectivity index is 1.66. The third-order valence-corrected chi connectivity index (χ3v) is 6.03. The van der Waals surface area contributed by atoms with Crippen molar-refractivity contribution in [2.24, 2.45) is 0 Å². The molecule has 7 heteroatoms. The number of nitrogens with one attached hydrogen (secondary N) is 2. The number of hydrogen-bond donors (Lipinski definition) is 2. The lowest BCUT2D eigenvalue weighted by atomic mass is 10.0. The number of nitrogens with zero attached hydrogens (tertiary/aromatic N) is 2. The van der Waals surface area contributed by atoms with E-state index in [4.69, 9.17) is 11.6 Å². The molecule has 1 saturated heterocycles. The van der Waals surface area contributed by atoms with E-state index in [0.717, 1.165) is 37.3 Å². The second-order valence-corrected chi connectivity index (χ2v) is 8.25. The molecule has 1 aliphatic heterocycles. The number of hydrogen-bond acceptors (Lipinski definition) is 4. The summed E-state index contributed by atoms with van der Waals surface area (Å²) in [7, 11) is 2.11. The molecule has 3 rings (SSSR count). The number of anilines is 1. The largest absolute Gasteiger partial charge is 0.346 e. The molecule has 0 aromatic heterocycles. The predicted octanol–water partition coefficient (Wildman–Crippen LogP) is 3.00. The standard InChI is InChI=1S/C23H29ClN4O2/c1-16-7-9-18(10-8-16)21(28-13-11-27(3)12-14-28)15-25-22(29)23(30)26-20-6-4-5-19(24)17(20)2/h4-10,21H,11-15H2,1-3H3,(H,25,29)(H,26,30)/t21-/m1/s1. The van der Waals surface area contributed by atoms with Crippen molar-refractivity contribution in [3.05, 3.63) is 64.2 Å². The zero-order valence-corrected chi connectivity index (χ0v) is 18.5. The Morgan fingerprint density at radius 1 is 1.00 bits per heavy atom. The third-order valence-electron chi connectivity index (χ3n) is 5.62. The second-order valence-electron chi connectivity index (χ2n) is 7.84. The van der Waals surface area contributed by atoms with Crippen molar-refractivity contribution in [2.75, 3.05) is 45.1 Å². The van der Waals surface area contributed by atoms with Gasteiger partial charge in [0.15, 0.2) is 0 Å². The fourth-order valence-corrected chi connectivity index (χ4v) is 3.75. The first-order valence-corrected chi connectivity index (χ1v) is 10.6. The highest BCUT2D eigenvalue weighted by Gasteiger charge is 2.25. The fourth-order valence-electron chi connectivity index (χ4n) is 3.57. The first-order chi connectivity index (χ1) is 14.3. The predicted molar refractivity (Wildman–Crippen MR) is 121 cm³/mol. The molecule has 1 aliphatic rings. The van der Waals surface area contributed by atoms with Crippen molar-refractivity contribution < 1.29 is 9.59 Å². The summed E-state index contributed by atoms with van der Waals surface area (Å²) < 4.78 is 0. The van der Waals surface area contributed by atoms with E-state index in [2.05, 4.69) is 58.7 Å². The Morgan fingerprint density at radius 3 is 2.33 bits per heavy atom. The van der Waals surface area contributed by atoms with Gasteiger partial charge in [0.1, 0.15) is 0 Å². The first-order valence-electron chi connectivity index (χ1n) is 10.2. The van der Waals surface area contributed by atoms with Crippen LogP contribution in [0.25, 0.3) is 0 Å². The van der Waals surface area contributed by atoms with Crippen LogP contribution in [0.1, 0.15) is 22.7 Å². The van der Waals surface area contributed by atoms with Crippen LogP contribution in [-0.2, 0) is 9.59 Å². The molecule has 0 radical (unpaired) electrons. The van der Waals surface area contributed by atoms with E-state index in [9.17, 15) is 9.59 Å². The van der Waals surface area contributed by atoms with Crippen LogP contribution in [0.4, 0.5) is 5.69 Å². The van der Waals surface area contributed by atoms with Gasteiger partial charge in [-0.2, -0.15) is 0 Å². The van der Waals surface area contributed by atoms with Gasteiger partial charge in [0.2, 0.25) is 0 Å². The molecule has 2 amide bonds. The topological polar surface area (TPSA) is 64.7 Å². The number of piperazine rings is 1. The summed E-state index contributed by atoms with van der Waals surface area (Å²) in [5, 5.41) is 6.01. The summed E-state index contributed by atoms with van der Waals surface area (Å²) >= 11 is 6.09. The van der Waals surface area contributed by atoms with Crippen molar-refractivity contribution >= 4 is 29.1 Å². The Morgan fingerprint density at radius 2 is 1.67 bits per heavy atom. The van der Waals surface area contributed by atoms with Crippen molar-refractivity contribution in [3.8, 4) is 0 Å². The average molecular weight is 429 g/mol. The maximum Gasteiger partial charge on any atom is 0.313 e. The van der Waals surface area contributed by atoms with Gasteiger partial charge >= 0.3 is 11.8 Å². The molecular weight excluding hydrogens is 400 g/mol. The molecule has 0 bridgehead atoms. The lowest BCUT2D eigenvalue weighted by Crippen LogP contribution is -2.49. The molecule has 1 heterocycles. The van der Waals surface area contributed by atoms with Crippen molar-refractivity contribution in [3.63, 3.8) is 0 Å². The van der Waals surface area contributed by atoms with Crippen LogP contribution < -0.4 is 10.6 Å². The molecule has 160 valence electrons. The van der Waals surface area contributed by atoms with Gasteiger partial charge in [-0.1, -0.05) is 47.5 Å². The van der Waals surface area contributed by atoms with E-state index in [1.807, 2.05) is 0 Å². The first kappa shape index (κ1) is 22.3. The van der Waals surface area contributed by atoms with Gasteiger partial charge in [0.05, 0.1) is 6.04 Å². The van der Waals surface area contributed by atoms with Gasteiger partial charge in [-0.25, -0.2) is 0 Å². The zero-order chi connectivity index (χ0) is 21.7. The summed E-state index contributed by atoms with van der Waals surface area (Å²) in [5.74, 6) is -1.35. The van der Waals surface area contributed by atoms with E-state index < -0.39 is 11.8 Å². The summed E-state index contributed by atoms with van der Waals surface area (Å²) in [6, 6.07) is 13.6. The maximum atomic E-state index is 12.5. The summed E-state index contributed by atoms with van der Waals surface area (Å²) in [6.07, 6.45) is 0. The minimum atomic E-state index is -0.693. The molecule has 1 fully saturated rings. The quantitative estimate of drug-likeness (QED) is 0.718. The second kappa shape index (κ2) is 10.1. The Labute approximate surface area is 183 Å². The molecule has 2 N–H and O–H groups in total. The SMILES string of the molecule is Cc1ccc([C@@H](CNC(=O)C(=O)Nc2cccc(Cl)c2C)N2CCN(C)CC2)cc1. The number of aryl methyl sites for hydroxylation is 1. The van der Waals surface area contributed by atoms with Crippen LogP contribution in [0, 0.1) is 13.8 Å². The van der Waals surface area contributed by atoms with E-state index in [1.165, 1.54) is 5.56 Å². The Bertz CT molecular complexity index is 893. The fraction of sp³-hybridized carbons (Fsp3) is 0.391. The van der Waals surface area contributed by atoms with Crippen LogP contribution in [-0.4, -0.2) is 61.4 Å². The number of amides is 2. The molecule has 1 atom stereocenters. The molecule has 2 aromatic rings. The number of carbonyl (C=O) groups is 2. The summed E-state index contributed by atoms with van der Waals surface area (Å²) in [6.45, 7) is 8.01. The lowest BCUT2D eigenvalue weighted by Gasteiger charge is -2.38.